The van der Waals surface area contributed by atoms with E-state index in [2.05, 4.69) is 36.9 Å². The second-order valence-electron chi connectivity index (χ2n) is 7.08. The van der Waals surface area contributed by atoms with E-state index < -0.39 is 0 Å². The van der Waals surface area contributed by atoms with E-state index >= 15 is 0 Å². The standard InChI is InChI=1S/C21H26N6O2/c1-3-23-18-13-16(27-7-9-28-10-8-27)14-19(20(18)22-2)29-17-11-15(12-17)26-21-24-5-4-6-25-21/h3-6,13-15,17H,2,7-12H2,1H3,(H,24,25,26)/b23-3-/t15-,17-. The van der Waals surface area contributed by atoms with Crippen LogP contribution >= 0.6 is 0 Å². The summed E-state index contributed by atoms with van der Waals surface area (Å²) in [5.41, 5.74) is 2.53. The molecule has 2 heterocycles. The molecule has 2 aliphatic rings. The summed E-state index contributed by atoms with van der Waals surface area (Å²) in [7, 11) is 0. The van der Waals surface area contributed by atoms with Crippen molar-refractivity contribution in [1.29, 1.82) is 0 Å². The van der Waals surface area contributed by atoms with Crippen LogP contribution in [0.3, 0.4) is 0 Å². The van der Waals surface area contributed by atoms with Gasteiger partial charge in [0.15, 0.2) is 0 Å². The van der Waals surface area contributed by atoms with Crippen LogP contribution in [-0.2, 0) is 4.74 Å². The molecule has 1 aromatic carbocycles. The van der Waals surface area contributed by atoms with Crippen molar-refractivity contribution in [3.8, 4) is 5.75 Å². The molecule has 1 saturated heterocycles. The zero-order chi connectivity index (χ0) is 20.1. The fourth-order valence-corrected chi connectivity index (χ4v) is 3.58. The topological polar surface area (TPSA) is 84.2 Å². The molecule has 0 radical (unpaired) electrons. The van der Waals surface area contributed by atoms with Crippen molar-refractivity contribution in [1.82, 2.24) is 9.97 Å². The Morgan fingerprint density at radius 2 is 2.00 bits per heavy atom. The van der Waals surface area contributed by atoms with Crippen LogP contribution in [0.1, 0.15) is 19.8 Å². The summed E-state index contributed by atoms with van der Waals surface area (Å²) < 4.78 is 11.8. The largest absolute Gasteiger partial charge is 0.488 e. The predicted octanol–water partition coefficient (Wildman–Crippen LogP) is 3.39. The van der Waals surface area contributed by atoms with Crippen LogP contribution in [0.15, 0.2) is 40.6 Å². The van der Waals surface area contributed by atoms with Gasteiger partial charge >= 0.3 is 0 Å². The Morgan fingerprint density at radius 3 is 2.69 bits per heavy atom. The third kappa shape index (κ3) is 4.54. The number of rotatable bonds is 7. The molecule has 1 aliphatic carbocycles. The fraction of sp³-hybridized carbons (Fsp3) is 0.429. The van der Waals surface area contributed by atoms with Crippen molar-refractivity contribution in [2.24, 2.45) is 9.98 Å². The van der Waals surface area contributed by atoms with Gasteiger partial charge in [0.05, 0.1) is 18.9 Å². The summed E-state index contributed by atoms with van der Waals surface area (Å²) in [6.07, 6.45) is 7.09. The van der Waals surface area contributed by atoms with Crippen LogP contribution in [-0.4, -0.2) is 61.3 Å². The maximum atomic E-state index is 6.31. The first-order valence-corrected chi connectivity index (χ1v) is 9.93. The summed E-state index contributed by atoms with van der Waals surface area (Å²) in [6, 6.07) is 6.20. The molecule has 0 atom stereocenters. The molecule has 2 fully saturated rings. The number of hydrogen-bond acceptors (Lipinski definition) is 8. The molecule has 1 N–H and O–H groups in total. The molecule has 29 heavy (non-hydrogen) atoms. The van der Waals surface area contributed by atoms with Crippen LogP contribution in [0.4, 0.5) is 23.0 Å². The second-order valence-corrected chi connectivity index (χ2v) is 7.08. The van der Waals surface area contributed by atoms with E-state index in [0.717, 1.165) is 56.3 Å². The lowest BCUT2D eigenvalue weighted by Crippen LogP contribution is -2.43. The molecule has 0 unspecified atom stereocenters. The number of anilines is 2. The summed E-state index contributed by atoms with van der Waals surface area (Å²) in [5, 5.41) is 3.33. The van der Waals surface area contributed by atoms with Gasteiger partial charge in [-0.2, -0.15) is 0 Å². The maximum absolute atomic E-state index is 6.31. The number of ether oxygens (including phenoxy) is 2. The van der Waals surface area contributed by atoms with Gasteiger partial charge in [0, 0.05) is 62.3 Å². The highest BCUT2D eigenvalue weighted by Crippen LogP contribution is 2.43. The van der Waals surface area contributed by atoms with Gasteiger partial charge in [-0.3, -0.25) is 9.98 Å². The molecule has 0 amide bonds. The Hall–Kier alpha value is -3.00. The van der Waals surface area contributed by atoms with Gasteiger partial charge in [0.25, 0.3) is 0 Å². The normalized spacial score (nSPS) is 21.6. The predicted molar refractivity (Wildman–Crippen MR) is 116 cm³/mol. The van der Waals surface area contributed by atoms with Gasteiger partial charge in [0.1, 0.15) is 17.5 Å². The summed E-state index contributed by atoms with van der Waals surface area (Å²) >= 11 is 0. The Morgan fingerprint density at radius 1 is 1.24 bits per heavy atom. The number of hydrogen-bond donors (Lipinski definition) is 1. The molecule has 4 rings (SSSR count). The number of benzene rings is 1. The monoisotopic (exact) mass is 394 g/mol. The van der Waals surface area contributed by atoms with E-state index in [-0.39, 0.29) is 6.10 Å². The van der Waals surface area contributed by atoms with E-state index in [1.54, 1.807) is 24.7 Å². The van der Waals surface area contributed by atoms with Crippen molar-refractivity contribution in [3.63, 3.8) is 0 Å². The van der Waals surface area contributed by atoms with E-state index in [1.165, 1.54) is 0 Å². The fourth-order valence-electron chi connectivity index (χ4n) is 3.58. The van der Waals surface area contributed by atoms with Crippen molar-refractivity contribution < 1.29 is 9.47 Å². The smallest absolute Gasteiger partial charge is 0.222 e. The van der Waals surface area contributed by atoms with Crippen LogP contribution in [0.25, 0.3) is 0 Å². The molecule has 0 spiro atoms. The van der Waals surface area contributed by atoms with Crippen LogP contribution in [0, 0.1) is 0 Å². The van der Waals surface area contributed by atoms with Gasteiger partial charge in [0.2, 0.25) is 5.95 Å². The quantitative estimate of drug-likeness (QED) is 0.725. The molecule has 1 saturated carbocycles. The molecule has 1 aliphatic heterocycles. The summed E-state index contributed by atoms with van der Waals surface area (Å²) in [5.74, 6) is 1.38. The molecular formula is C21H26N6O2. The molecule has 0 bridgehead atoms. The Labute approximate surface area is 170 Å². The first-order valence-electron chi connectivity index (χ1n) is 9.93. The van der Waals surface area contributed by atoms with E-state index in [0.29, 0.717) is 17.7 Å². The minimum absolute atomic E-state index is 0.107. The number of aliphatic imine (C=N–C) groups is 2. The summed E-state index contributed by atoms with van der Waals surface area (Å²) in [4.78, 5) is 19.4. The Kier molecular flexibility index (Phi) is 6.00. The minimum atomic E-state index is 0.107. The van der Waals surface area contributed by atoms with Gasteiger partial charge in [-0.05, 0) is 25.8 Å². The first-order chi connectivity index (χ1) is 14.3. The van der Waals surface area contributed by atoms with Gasteiger partial charge in [-0.15, -0.1) is 0 Å². The average molecular weight is 394 g/mol. The van der Waals surface area contributed by atoms with E-state index in [1.807, 2.05) is 19.1 Å². The molecule has 2 aromatic rings. The first kappa shape index (κ1) is 19.3. The average Bonchev–Trinajstić information content (AvgIpc) is 2.73. The van der Waals surface area contributed by atoms with E-state index in [4.69, 9.17) is 9.47 Å². The number of nitrogens with zero attached hydrogens (tertiary/aromatic N) is 5. The molecule has 152 valence electrons. The number of nitrogens with one attached hydrogen (secondary N) is 1. The highest BCUT2D eigenvalue weighted by atomic mass is 16.5. The number of morpholine rings is 1. The lowest BCUT2D eigenvalue weighted by molar-refractivity contribution is 0.108. The zero-order valence-electron chi connectivity index (χ0n) is 16.6. The van der Waals surface area contributed by atoms with Crippen molar-refractivity contribution in [2.45, 2.75) is 31.9 Å². The molecule has 1 aromatic heterocycles. The van der Waals surface area contributed by atoms with Gasteiger partial charge < -0.3 is 19.7 Å². The third-order valence-corrected chi connectivity index (χ3v) is 5.13. The minimum Gasteiger partial charge on any atom is -0.488 e. The van der Waals surface area contributed by atoms with Crippen molar-refractivity contribution in [3.05, 3.63) is 30.6 Å². The van der Waals surface area contributed by atoms with Crippen molar-refractivity contribution >= 4 is 35.9 Å². The highest BCUT2D eigenvalue weighted by Gasteiger charge is 2.32. The summed E-state index contributed by atoms with van der Waals surface area (Å²) in [6.45, 7) is 8.77. The molecule has 8 heteroatoms. The van der Waals surface area contributed by atoms with Crippen molar-refractivity contribution in [2.75, 3.05) is 36.5 Å². The Balaban J connectivity index is 1.48. The van der Waals surface area contributed by atoms with Crippen LogP contribution in [0.5, 0.6) is 5.75 Å². The second kappa shape index (κ2) is 9.00. The van der Waals surface area contributed by atoms with Crippen LogP contribution in [0.2, 0.25) is 0 Å². The lowest BCUT2D eigenvalue weighted by Gasteiger charge is -2.36. The van der Waals surface area contributed by atoms with Gasteiger partial charge in [-0.25, -0.2) is 9.97 Å². The Bertz CT molecular complexity index is 861. The zero-order valence-corrected chi connectivity index (χ0v) is 16.6. The molecular weight excluding hydrogens is 368 g/mol. The lowest BCUT2D eigenvalue weighted by atomic mass is 9.89. The van der Waals surface area contributed by atoms with E-state index in [9.17, 15) is 0 Å². The third-order valence-electron chi connectivity index (χ3n) is 5.13. The highest BCUT2D eigenvalue weighted by molar-refractivity contribution is 5.80. The number of aromatic nitrogens is 2. The van der Waals surface area contributed by atoms with Crippen LogP contribution < -0.4 is 15.0 Å². The van der Waals surface area contributed by atoms with Gasteiger partial charge in [-0.1, -0.05) is 0 Å². The maximum Gasteiger partial charge on any atom is 0.222 e. The molecule has 8 nitrogen and oxygen atoms in total. The SMILES string of the molecule is C=Nc1c(/N=C\C)cc(N2CCOCC2)cc1O[C@H]1C[C@H](Nc2ncccn2)C1.